The predicted molar refractivity (Wildman–Crippen MR) is 302 cm³/mol. The van der Waals surface area contributed by atoms with Crippen molar-refractivity contribution in [2.45, 2.75) is 77.0 Å². The third-order valence-electron chi connectivity index (χ3n) is 15.0. The quantitative estimate of drug-likeness (QED) is 0.107. The van der Waals surface area contributed by atoms with E-state index in [9.17, 15) is 10.2 Å². The summed E-state index contributed by atoms with van der Waals surface area (Å²) in [5, 5.41) is 23.9. The normalized spacial score (nSPS) is 12.4. The van der Waals surface area contributed by atoms with E-state index < -0.39 is 10.8 Å². The van der Waals surface area contributed by atoms with Crippen LogP contribution >= 0.6 is 0 Å². The van der Waals surface area contributed by atoms with Gasteiger partial charge in [-0.05, 0) is 92.0 Å². The molecule has 0 atom stereocenters. The Labute approximate surface area is 426 Å². The molecule has 0 saturated carbocycles. The van der Waals surface area contributed by atoms with E-state index in [1.165, 1.54) is 11.1 Å². The lowest BCUT2D eigenvalue weighted by Gasteiger charge is -2.32. The molecule has 0 aliphatic heterocycles. The van der Waals surface area contributed by atoms with E-state index in [0.29, 0.717) is 11.1 Å². The fraction of sp³-hybridized carbons (Fsp3) is 0.176. The maximum atomic E-state index is 11.9. The minimum absolute atomic E-state index is 0.238. The maximum Gasteiger partial charge on any atom is 0.128 e. The molecule has 4 nitrogen and oxygen atoms in total. The van der Waals surface area contributed by atoms with Crippen LogP contribution in [0.4, 0.5) is 11.4 Å². The van der Waals surface area contributed by atoms with E-state index >= 15 is 0 Å². The van der Waals surface area contributed by atoms with Crippen molar-refractivity contribution in [3.63, 3.8) is 0 Å². The highest BCUT2D eigenvalue weighted by Crippen LogP contribution is 2.45. The topological polar surface area (TPSA) is 65.2 Å². The smallest absolute Gasteiger partial charge is 0.128 e. The number of hydrogen-bond donors (Lipinski definition) is 2. The van der Waals surface area contributed by atoms with Gasteiger partial charge in [0.25, 0.3) is 0 Å². The zero-order chi connectivity index (χ0) is 50.7. The average Bonchev–Trinajstić information content (AvgIpc) is 3.41. The van der Waals surface area contributed by atoms with Crippen molar-refractivity contribution in [1.82, 2.24) is 0 Å². The largest absolute Gasteiger partial charge is 0.507 e. The molecular formula is C68H64N2O2. The summed E-state index contributed by atoms with van der Waals surface area (Å²) < 4.78 is 0. The van der Waals surface area contributed by atoms with Crippen molar-refractivity contribution in [1.29, 1.82) is 0 Å². The Kier molecular flexibility index (Phi) is 13.6. The molecule has 72 heavy (non-hydrogen) atoms. The van der Waals surface area contributed by atoms with Crippen LogP contribution in [0.3, 0.4) is 0 Å². The Morgan fingerprint density at radius 3 is 0.819 bits per heavy atom. The summed E-state index contributed by atoms with van der Waals surface area (Å²) in [5.74, 6) is 0.475. The SMILES string of the molecule is CC(C)(c1ccccc1)c1cc(C=Nc2ccc(-c3ccc(-c4ccc(N=Cc5cc(C(C)(C)c6ccccc6)cc(C(C)(C)c6ccccc6)c5O)cc4)cc3)cc2)c(O)c(C(C)(C)c2ccccc2)c1. The van der Waals surface area contributed by atoms with Crippen LogP contribution in [0.2, 0.25) is 0 Å². The Hall–Kier alpha value is -8.08. The molecule has 0 aliphatic rings. The van der Waals surface area contributed by atoms with E-state index in [0.717, 1.165) is 67.0 Å². The lowest BCUT2D eigenvalue weighted by molar-refractivity contribution is 0.450. The van der Waals surface area contributed by atoms with Gasteiger partial charge in [-0.15, -0.1) is 0 Å². The van der Waals surface area contributed by atoms with Gasteiger partial charge in [-0.25, -0.2) is 0 Å². The fourth-order valence-electron chi connectivity index (χ4n) is 9.87. The van der Waals surface area contributed by atoms with E-state index in [2.05, 4.69) is 201 Å². The van der Waals surface area contributed by atoms with Crippen molar-refractivity contribution < 1.29 is 10.2 Å². The molecule has 9 aromatic carbocycles. The second kappa shape index (κ2) is 20.0. The number of nitrogens with zero attached hydrogens (tertiary/aromatic N) is 2. The van der Waals surface area contributed by atoms with Crippen molar-refractivity contribution in [2.24, 2.45) is 9.98 Å². The first-order valence-electron chi connectivity index (χ1n) is 24.9. The molecule has 4 heteroatoms. The second-order valence-corrected chi connectivity index (χ2v) is 21.1. The van der Waals surface area contributed by atoms with Gasteiger partial charge in [-0.2, -0.15) is 0 Å². The number of hydrogen-bond acceptors (Lipinski definition) is 4. The molecule has 0 aliphatic carbocycles. The van der Waals surface area contributed by atoms with Gasteiger partial charge in [-0.1, -0.05) is 237 Å². The van der Waals surface area contributed by atoms with E-state index in [-0.39, 0.29) is 22.3 Å². The van der Waals surface area contributed by atoms with E-state index in [1.807, 2.05) is 72.8 Å². The third kappa shape index (κ3) is 9.96. The van der Waals surface area contributed by atoms with Gasteiger partial charge in [0.15, 0.2) is 0 Å². The molecule has 9 aromatic rings. The highest BCUT2D eigenvalue weighted by molar-refractivity contribution is 5.88. The molecule has 2 N–H and O–H groups in total. The summed E-state index contributed by atoms with van der Waals surface area (Å²) in [6.45, 7) is 17.6. The van der Waals surface area contributed by atoms with Crippen molar-refractivity contribution >= 4 is 23.8 Å². The van der Waals surface area contributed by atoms with Gasteiger partial charge >= 0.3 is 0 Å². The second-order valence-electron chi connectivity index (χ2n) is 21.1. The van der Waals surface area contributed by atoms with Crippen LogP contribution in [-0.2, 0) is 21.7 Å². The molecule has 358 valence electrons. The van der Waals surface area contributed by atoms with Crippen molar-refractivity contribution in [3.8, 4) is 33.8 Å². The van der Waals surface area contributed by atoms with Crippen LogP contribution in [0, 0.1) is 0 Å². The standard InChI is InChI=1S/C68H64N2O2/c1-65(2,53-21-13-9-14-22-53)57-41-51(63(71)61(43-57)67(5,6)55-25-17-11-18-26-55)45-69-59-37-33-49(34-38-59)47-29-31-48(32-30-47)50-35-39-60(40-36-50)70-46-52-42-58(66(3,4)54-23-15-10-16-24-54)44-62(64(52)72)68(7,8)56-27-19-12-20-28-56/h9-46,71-72H,1-8H3. The lowest BCUT2D eigenvalue weighted by Crippen LogP contribution is -2.24. The van der Waals surface area contributed by atoms with Crippen LogP contribution < -0.4 is 0 Å². The summed E-state index contributed by atoms with van der Waals surface area (Å²) in [4.78, 5) is 9.80. The number of rotatable bonds is 14. The van der Waals surface area contributed by atoms with E-state index in [4.69, 9.17) is 9.98 Å². The Morgan fingerprint density at radius 2 is 0.542 bits per heavy atom. The Morgan fingerprint density at radius 1 is 0.292 bits per heavy atom. The zero-order valence-electron chi connectivity index (χ0n) is 42.7. The summed E-state index contributed by atoms with van der Waals surface area (Å²) in [5.41, 5.74) is 14.4. The number of aromatic hydroxyl groups is 2. The molecule has 0 fully saturated rings. The van der Waals surface area contributed by atoms with E-state index in [1.54, 1.807) is 12.4 Å². The van der Waals surface area contributed by atoms with Crippen LogP contribution in [0.1, 0.15) is 111 Å². The molecule has 0 spiro atoms. The molecular weight excluding hydrogens is 877 g/mol. The highest BCUT2D eigenvalue weighted by atomic mass is 16.3. The third-order valence-corrected chi connectivity index (χ3v) is 15.0. The first-order chi connectivity index (χ1) is 34.5. The van der Waals surface area contributed by atoms with Crippen molar-refractivity contribution in [3.05, 3.63) is 274 Å². The van der Waals surface area contributed by atoms with Gasteiger partial charge in [0.05, 0.1) is 11.4 Å². The summed E-state index contributed by atoms with van der Waals surface area (Å²) in [6, 6.07) is 75.3. The molecule has 0 amide bonds. The van der Waals surface area contributed by atoms with Gasteiger partial charge < -0.3 is 10.2 Å². The lowest BCUT2D eigenvalue weighted by atomic mass is 9.72. The summed E-state index contributed by atoms with van der Waals surface area (Å²) in [7, 11) is 0. The summed E-state index contributed by atoms with van der Waals surface area (Å²) >= 11 is 0. The van der Waals surface area contributed by atoms with Crippen LogP contribution in [0.5, 0.6) is 11.5 Å². The molecule has 0 aromatic heterocycles. The molecule has 0 unspecified atom stereocenters. The van der Waals surface area contributed by atoms with Gasteiger partial charge in [0.2, 0.25) is 0 Å². The summed E-state index contributed by atoms with van der Waals surface area (Å²) in [6.07, 6.45) is 3.59. The number of benzene rings is 9. The Bertz CT molecular complexity index is 3120. The first-order valence-corrected chi connectivity index (χ1v) is 24.9. The Balaban J connectivity index is 0.934. The number of phenols is 2. The highest BCUT2D eigenvalue weighted by Gasteiger charge is 2.33. The predicted octanol–water partition coefficient (Wildman–Crippen LogP) is 17.2. The molecule has 0 radical (unpaired) electrons. The van der Waals surface area contributed by atoms with Crippen LogP contribution in [-0.4, -0.2) is 22.6 Å². The van der Waals surface area contributed by atoms with Gasteiger partial charge in [0, 0.05) is 56.3 Å². The number of phenolic OH excluding ortho intramolecular Hbond substituents is 2. The molecule has 9 rings (SSSR count). The average molecular weight is 941 g/mol. The zero-order valence-corrected chi connectivity index (χ0v) is 42.7. The van der Waals surface area contributed by atoms with Gasteiger partial charge in [-0.3, -0.25) is 9.98 Å². The number of aliphatic imine (C=N–C) groups is 2. The first kappa shape index (κ1) is 48.9. The molecule has 0 heterocycles. The van der Waals surface area contributed by atoms with Crippen LogP contribution in [0.25, 0.3) is 22.3 Å². The fourth-order valence-corrected chi connectivity index (χ4v) is 9.87. The van der Waals surface area contributed by atoms with Gasteiger partial charge in [0.1, 0.15) is 11.5 Å². The maximum absolute atomic E-state index is 11.9. The van der Waals surface area contributed by atoms with Crippen molar-refractivity contribution in [2.75, 3.05) is 0 Å². The minimum Gasteiger partial charge on any atom is -0.507 e. The molecule has 0 bridgehead atoms. The minimum atomic E-state index is -0.460. The monoisotopic (exact) mass is 940 g/mol. The molecule has 0 saturated heterocycles. The van der Waals surface area contributed by atoms with Crippen LogP contribution in [0.15, 0.2) is 228 Å².